The van der Waals surface area contributed by atoms with E-state index in [0.29, 0.717) is 25.9 Å². The lowest BCUT2D eigenvalue weighted by atomic mass is 9.86. The number of likely N-dealkylation sites (N-methyl/N-ethyl adjacent to an activating group) is 2. The van der Waals surface area contributed by atoms with Gasteiger partial charge in [0.25, 0.3) is 5.91 Å². The molecule has 0 atom stereocenters. The minimum absolute atomic E-state index is 0.106. The van der Waals surface area contributed by atoms with E-state index in [4.69, 9.17) is 0 Å². The maximum absolute atomic E-state index is 12.5. The highest BCUT2D eigenvalue weighted by Gasteiger charge is 2.55. The van der Waals surface area contributed by atoms with Crippen LogP contribution < -0.4 is 5.32 Å². The van der Waals surface area contributed by atoms with Crippen molar-refractivity contribution in [3.8, 4) is 0 Å². The first-order valence-corrected chi connectivity index (χ1v) is 10.0. The minimum Gasteiger partial charge on any atom is -0.342 e. The number of imide groups is 1. The van der Waals surface area contributed by atoms with Crippen molar-refractivity contribution >= 4 is 29.4 Å². The van der Waals surface area contributed by atoms with Crippen LogP contribution in [0.5, 0.6) is 0 Å². The molecule has 3 rings (SSSR count). The summed E-state index contributed by atoms with van der Waals surface area (Å²) in [6, 6.07) is 7.35. The predicted molar refractivity (Wildman–Crippen MR) is 108 cm³/mol. The summed E-state index contributed by atoms with van der Waals surface area (Å²) in [4.78, 5) is 53.6. The van der Waals surface area contributed by atoms with Crippen LogP contribution in [0.2, 0.25) is 0 Å². The lowest BCUT2D eigenvalue weighted by molar-refractivity contribution is -0.140. The highest BCUT2D eigenvalue weighted by molar-refractivity contribution is 6.06. The number of hydrogen-bond acceptors (Lipinski definition) is 4. The fraction of sp³-hybridized carbons (Fsp3) is 0.524. The van der Waals surface area contributed by atoms with Gasteiger partial charge >= 0.3 is 6.03 Å². The number of nitrogens with one attached hydrogen (secondary N) is 1. The summed E-state index contributed by atoms with van der Waals surface area (Å²) in [7, 11) is 3.13. The molecule has 8 heteroatoms. The standard InChI is InChI=1S/C21H28N4O4/c1-4-15-6-5-7-16(14-15)22-17(26)8-9-18(27)25-12-10-21(11-13-25)19(28)23(2)20(29)24(21)3/h5-7,14H,4,8-13H2,1-3H3,(H,22,26). The molecule has 2 saturated heterocycles. The molecule has 29 heavy (non-hydrogen) atoms. The Hall–Kier alpha value is -2.90. The Morgan fingerprint density at radius 1 is 1.10 bits per heavy atom. The van der Waals surface area contributed by atoms with Crippen LogP contribution in [0, 0.1) is 0 Å². The topological polar surface area (TPSA) is 90.0 Å². The fourth-order valence-corrected chi connectivity index (χ4v) is 4.10. The smallest absolute Gasteiger partial charge is 0.327 e. The van der Waals surface area contributed by atoms with Crippen LogP contribution in [-0.4, -0.2) is 71.2 Å². The molecule has 2 fully saturated rings. The van der Waals surface area contributed by atoms with Crippen molar-refractivity contribution in [2.75, 3.05) is 32.5 Å². The number of rotatable bonds is 5. The van der Waals surface area contributed by atoms with E-state index in [9.17, 15) is 19.2 Å². The van der Waals surface area contributed by atoms with Crippen LogP contribution in [0.25, 0.3) is 0 Å². The molecule has 1 aromatic rings. The Kier molecular flexibility index (Phi) is 5.91. The first-order chi connectivity index (χ1) is 13.8. The number of carbonyl (C=O) groups is 4. The second kappa shape index (κ2) is 8.23. The van der Waals surface area contributed by atoms with Gasteiger partial charge in [0.15, 0.2) is 0 Å². The fourth-order valence-electron chi connectivity index (χ4n) is 4.10. The van der Waals surface area contributed by atoms with Crippen molar-refractivity contribution in [1.82, 2.24) is 14.7 Å². The van der Waals surface area contributed by atoms with Gasteiger partial charge in [-0.25, -0.2) is 4.79 Å². The number of amides is 5. The van der Waals surface area contributed by atoms with Crippen molar-refractivity contribution in [3.63, 3.8) is 0 Å². The van der Waals surface area contributed by atoms with Crippen LogP contribution in [0.3, 0.4) is 0 Å². The number of likely N-dealkylation sites (tertiary alicyclic amines) is 1. The number of hydrogen-bond donors (Lipinski definition) is 1. The normalized spacial score (nSPS) is 18.5. The molecule has 2 aliphatic rings. The summed E-state index contributed by atoms with van der Waals surface area (Å²) in [6.45, 7) is 2.85. The zero-order chi connectivity index (χ0) is 21.2. The van der Waals surface area contributed by atoms with Crippen LogP contribution in [0.15, 0.2) is 24.3 Å². The first kappa shape index (κ1) is 20.8. The third kappa shape index (κ3) is 3.97. The van der Waals surface area contributed by atoms with Crippen molar-refractivity contribution in [1.29, 1.82) is 0 Å². The number of piperidine rings is 1. The van der Waals surface area contributed by atoms with Gasteiger partial charge in [0.05, 0.1) is 0 Å². The molecule has 2 aliphatic heterocycles. The molecule has 1 aromatic carbocycles. The van der Waals surface area contributed by atoms with Crippen molar-refractivity contribution in [3.05, 3.63) is 29.8 Å². The molecule has 5 amide bonds. The molecule has 1 N–H and O–H groups in total. The molecular weight excluding hydrogens is 372 g/mol. The third-order valence-corrected chi connectivity index (χ3v) is 6.05. The van der Waals surface area contributed by atoms with Gasteiger partial charge in [-0.05, 0) is 37.0 Å². The minimum atomic E-state index is -0.843. The summed E-state index contributed by atoms with van der Waals surface area (Å²) in [6.07, 6.45) is 1.95. The largest absolute Gasteiger partial charge is 0.342 e. The van der Waals surface area contributed by atoms with Gasteiger partial charge in [-0.1, -0.05) is 19.1 Å². The van der Waals surface area contributed by atoms with E-state index in [1.54, 1.807) is 11.9 Å². The van der Waals surface area contributed by atoms with E-state index < -0.39 is 5.54 Å². The molecule has 0 aromatic heterocycles. The highest BCUT2D eigenvalue weighted by atomic mass is 16.2. The zero-order valence-corrected chi connectivity index (χ0v) is 17.2. The van der Waals surface area contributed by atoms with E-state index in [-0.39, 0.29) is 36.6 Å². The zero-order valence-electron chi connectivity index (χ0n) is 17.2. The van der Waals surface area contributed by atoms with E-state index in [1.165, 1.54) is 11.9 Å². The van der Waals surface area contributed by atoms with Gasteiger partial charge in [-0.15, -0.1) is 0 Å². The SMILES string of the molecule is CCc1cccc(NC(=O)CCC(=O)N2CCC3(CC2)C(=O)N(C)C(=O)N3C)c1. The lowest BCUT2D eigenvalue weighted by Crippen LogP contribution is -2.56. The maximum atomic E-state index is 12.5. The molecule has 0 unspecified atom stereocenters. The third-order valence-electron chi connectivity index (χ3n) is 6.05. The molecule has 0 aliphatic carbocycles. The van der Waals surface area contributed by atoms with E-state index in [2.05, 4.69) is 5.32 Å². The summed E-state index contributed by atoms with van der Waals surface area (Å²) in [5, 5.41) is 2.83. The highest BCUT2D eigenvalue weighted by Crippen LogP contribution is 2.35. The molecule has 1 spiro atoms. The van der Waals surface area contributed by atoms with E-state index in [1.807, 2.05) is 31.2 Å². The van der Waals surface area contributed by atoms with Gasteiger partial charge in [0.2, 0.25) is 11.8 Å². The monoisotopic (exact) mass is 400 g/mol. The summed E-state index contributed by atoms with van der Waals surface area (Å²) < 4.78 is 0. The van der Waals surface area contributed by atoms with Crippen LogP contribution in [0.1, 0.15) is 38.2 Å². The number of anilines is 1. The summed E-state index contributed by atoms with van der Waals surface area (Å²) in [5.41, 5.74) is 1.03. The van der Waals surface area contributed by atoms with Crippen LogP contribution in [-0.2, 0) is 20.8 Å². The molecular formula is C21H28N4O4. The van der Waals surface area contributed by atoms with Gasteiger partial charge in [0.1, 0.15) is 5.54 Å². The van der Waals surface area contributed by atoms with Crippen molar-refractivity contribution in [2.24, 2.45) is 0 Å². The number of benzene rings is 1. The van der Waals surface area contributed by atoms with Gasteiger partial charge < -0.3 is 15.1 Å². The number of aryl methyl sites for hydroxylation is 1. The first-order valence-electron chi connectivity index (χ1n) is 10.0. The Bertz CT molecular complexity index is 830. The molecule has 2 heterocycles. The molecule has 8 nitrogen and oxygen atoms in total. The average molecular weight is 400 g/mol. The Morgan fingerprint density at radius 3 is 2.38 bits per heavy atom. The predicted octanol–water partition coefficient (Wildman–Crippen LogP) is 1.85. The van der Waals surface area contributed by atoms with Crippen molar-refractivity contribution < 1.29 is 19.2 Å². The Balaban J connectivity index is 1.49. The number of carbonyl (C=O) groups excluding carboxylic acids is 4. The van der Waals surface area contributed by atoms with Crippen molar-refractivity contribution in [2.45, 2.75) is 44.6 Å². The summed E-state index contributed by atoms with van der Waals surface area (Å²) >= 11 is 0. The molecule has 0 radical (unpaired) electrons. The quantitative estimate of drug-likeness (QED) is 0.764. The van der Waals surface area contributed by atoms with Gasteiger partial charge in [-0.2, -0.15) is 0 Å². The molecule has 156 valence electrons. The maximum Gasteiger partial charge on any atom is 0.327 e. The number of urea groups is 1. The lowest BCUT2D eigenvalue weighted by Gasteiger charge is -2.40. The van der Waals surface area contributed by atoms with E-state index in [0.717, 1.165) is 22.6 Å². The second-order valence-electron chi connectivity index (χ2n) is 7.72. The average Bonchev–Trinajstić information content (AvgIpc) is 2.89. The van der Waals surface area contributed by atoms with Gasteiger partial charge in [0, 0.05) is 45.7 Å². The van der Waals surface area contributed by atoms with Crippen LogP contribution >= 0.6 is 0 Å². The van der Waals surface area contributed by atoms with E-state index >= 15 is 0 Å². The van der Waals surface area contributed by atoms with Gasteiger partial charge in [-0.3, -0.25) is 19.3 Å². The Morgan fingerprint density at radius 2 is 1.79 bits per heavy atom. The Labute approximate surface area is 170 Å². The summed E-state index contributed by atoms with van der Waals surface area (Å²) in [5.74, 6) is -0.506. The molecule has 0 bridgehead atoms. The van der Waals surface area contributed by atoms with Crippen LogP contribution in [0.4, 0.5) is 10.5 Å². The second-order valence-corrected chi connectivity index (χ2v) is 7.72. The molecule has 0 saturated carbocycles. The number of nitrogens with zero attached hydrogens (tertiary/aromatic N) is 3.